The monoisotopic (exact) mass is 334 g/mol. The molecule has 0 aromatic carbocycles. The number of hydrogen-bond acceptors (Lipinski definition) is 4. The van der Waals surface area contributed by atoms with Crippen LogP contribution in [-0.4, -0.2) is 70.9 Å². The van der Waals surface area contributed by atoms with Crippen LogP contribution in [0.25, 0.3) is 0 Å². The minimum absolute atomic E-state index is 0.215. The van der Waals surface area contributed by atoms with Gasteiger partial charge in [0.2, 0.25) is 5.91 Å². The van der Waals surface area contributed by atoms with Crippen molar-refractivity contribution in [3.63, 3.8) is 0 Å². The lowest BCUT2D eigenvalue weighted by atomic mass is 9.88. The highest BCUT2D eigenvalue weighted by Gasteiger charge is 2.41. The van der Waals surface area contributed by atoms with Crippen molar-refractivity contribution in [2.75, 3.05) is 39.9 Å². The van der Waals surface area contributed by atoms with Gasteiger partial charge in [0, 0.05) is 45.5 Å². The minimum atomic E-state index is 0.215. The number of methoxy groups -OCH3 is 1. The zero-order chi connectivity index (χ0) is 17.0. The van der Waals surface area contributed by atoms with E-state index >= 15 is 0 Å². The van der Waals surface area contributed by atoms with Crippen molar-refractivity contribution in [3.8, 4) is 0 Å². The van der Waals surface area contributed by atoms with Crippen molar-refractivity contribution < 1.29 is 9.53 Å². The number of nitrogens with zero attached hydrogens (tertiary/aromatic N) is 4. The standard InChI is InChI=1S/C18H30N4O2/c1-20-11-5-16(19-20)15-17(23)21-9-3-6-18(8-12-21)7-4-10-22(18)13-14-24-2/h5,11H,3-4,6-10,12-15H2,1-2H3. The van der Waals surface area contributed by atoms with Crippen molar-refractivity contribution in [1.82, 2.24) is 19.6 Å². The van der Waals surface area contributed by atoms with Crippen LogP contribution < -0.4 is 0 Å². The highest BCUT2D eigenvalue weighted by atomic mass is 16.5. The second-order valence-corrected chi connectivity index (χ2v) is 7.20. The number of amides is 1. The topological polar surface area (TPSA) is 50.6 Å². The van der Waals surface area contributed by atoms with Crippen LogP contribution in [0.3, 0.4) is 0 Å². The van der Waals surface area contributed by atoms with Crippen LogP contribution in [0.2, 0.25) is 0 Å². The molecule has 134 valence electrons. The normalized spacial score (nSPS) is 25.3. The number of carbonyl (C=O) groups is 1. The Balaban J connectivity index is 1.59. The van der Waals surface area contributed by atoms with Gasteiger partial charge in [0.25, 0.3) is 0 Å². The van der Waals surface area contributed by atoms with E-state index in [1.54, 1.807) is 11.8 Å². The molecule has 1 atom stereocenters. The molecule has 0 N–H and O–H groups in total. The van der Waals surface area contributed by atoms with Crippen LogP contribution in [0.15, 0.2) is 12.3 Å². The Morgan fingerprint density at radius 1 is 1.25 bits per heavy atom. The first-order valence-corrected chi connectivity index (χ1v) is 9.13. The van der Waals surface area contributed by atoms with Crippen LogP contribution in [0, 0.1) is 0 Å². The molecular formula is C18H30N4O2. The first-order chi connectivity index (χ1) is 11.6. The summed E-state index contributed by atoms with van der Waals surface area (Å²) in [5.74, 6) is 0.215. The molecule has 6 nitrogen and oxygen atoms in total. The van der Waals surface area contributed by atoms with Gasteiger partial charge in [0.15, 0.2) is 0 Å². The Morgan fingerprint density at radius 2 is 2.04 bits per heavy atom. The maximum absolute atomic E-state index is 12.6. The van der Waals surface area contributed by atoms with Gasteiger partial charge in [-0.3, -0.25) is 14.4 Å². The summed E-state index contributed by atoms with van der Waals surface area (Å²) in [7, 11) is 3.66. The number of rotatable bonds is 5. The summed E-state index contributed by atoms with van der Waals surface area (Å²) < 4.78 is 7.04. The summed E-state index contributed by atoms with van der Waals surface area (Å²) in [6, 6.07) is 1.93. The highest BCUT2D eigenvalue weighted by molar-refractivity contribution is 5.78. The van der Waals surface area contributed by atoms with E-state index in [-0.39, 0.29) is 5.91 Å². The molecule has 1 amide bonds. The molecule has 2 saturated heterocycles. The quantitative estimate of drug-likeness (QED) is 0.818. The van der Waals surface area contributed by atoms with Crippen molar-refractivity contribution in [2.24, 2.45) is 7.05 Å². The number of aryl methyl sites for hydroxylation is 1. The predicted octanol–water partition coefficient (Wildman–Crippen LogP) is 1.46. The number of likely N-dealkylation sites (tertiary alicyclic amines) is 2. The minimum Gasteiger partial charge on any atom is -0.383 e. The van der Waals surface area contributed by atoms with Crippen molar-refractivity contribution in [3.05, 3.63) is 18.0 Å². The van der Waals surface area contributed by atoms with E-state index in [1.807, 2.05) is 19.3 Å². The van der Waals surface area contributed by atoms with Gasteiger partial charge < -0.3 is 9.64 Å². The molecule has 0 radical (unpaired) electrons. The third kappa shape index (κ3) is 3.81. The fourth-order valence-electron chi connectivity index (χ4n) is 4.36. The van der Waals surface area contributed by atoms with Crippen molar-refractivity contribution in [1.29, 1.82) is 0 Å². The largest absolute Gasteiger partial charge is 0.383 e. The molecule has 2 aliphatic heterocycles. The van der Waals surface area contributed by atoms with Crippen molar-refractivity contribution in [2.45, 2.75) is 44.1 Å². The fraction of sp³-hybridized carbons (Fsp3) is 0.778. The van der Waals surface area contributed by atoms with Gasteiger partial charge in [-0.1, -0.05) is 0 Å². The summed E-state index contributed by atoms with van der Waals surface area (Å²) in [6.45, 7) is 4.73. The summed E-state index contributed by atoms with van der Waals surface area (Å²) in [4.78, 5) is 17.3. The van der Waals surface area contributed by atoms with E-state index in [1.165, 1.54) is 25.8 Å². The smallest absolute Gasteiger partial charge is 0.228 e. The predicted molar refractivity (Wildman–Crippen MR) is 92.8 cm³/mol. The lowest BCUT2D eigenvalue weighted by molar-refractivity contribution is -0.130. The van der Waals surface area contributed by atoms with Gasteiger partial charge >= 0.3 is 0 Å². The van der Waals surface area contributed by atoms with Crippen molar-refractivity contribution >= 4 is 5.91 Å². The van der Waals surface area contributed by atoms with E-state index < -0.39 is 0 Å². The maximum Gasteiger partial charge on any atom is 0.228 e. The van der Waals surface area contributed by atoms with Gasteiger partial charge in [0.05, 0.1) is 18.7 Å². The number of hydrogen-bond donors (Lipinski definition) is 0. The Kier molecular flexibility index (Phi) is 5.56. The lowest BCUT2D eigenvalue weighted by Gasteiger charge is -2.38. The fourth-order valence-corrected chi connectivity index (χ4v) is 4.36. The van der Waals surface area contributed by atoms with E-state index in [4.69, 9.17) is 4.74 Å². The van der Waals surface area contributed by atoms with Crippen LogP contribution in [0.1, 0.15) is 37.8 Å². The molecule has 3 heterocycles. The average molecular weight is 334 g/mol. The summed E-state index contributed by atoms with van der Waals surface area (Å²) >= 11 is 0. The number of carbonyl (C=O) groups excluding carboxylic acids is 1. The van der Waals surface area contributed by atoms with Crippen LogP contribution in [0.5, 0.6) is 0 Å². The van der Waals surface area contributed by atoms with Gasteiger partial charge in [-0.15, -0.1) is 0 Å². The van der Waals surface area contributed by atoms with Crippen LogP contribution in [0.4, 0.5) is 0 Å². The molecule has 0 saturated carbocycles. The van der Waals surface area contributed by atoms with Gasteiger partial charge in [-0.25, -0.2) is 0 Å². The molecule has 3 rings (SSSR count). The molecule has 2 aliphatic rings. The molecular weight excluding hydrogens is 304 g/mol. The molecule has 1 unspecified atom stereocenters. The lowest BCUT2D eigenvalue weighted by Crippen LogP contribution is -2.46. The average Bonchev–Trinajstić information content (AvgIpc) is 3.07. The van der Waals surface area contributed by atoms with Crippen LogP contribution >= 0.6 is 0 Å². The zero-order valence-electron chi connectivity index (χ0n) is 15.0. The molecule has 0 aliphatic carbocycles. The molecule has 6 heteroatoms. The second kappa shape index (κ2) is 7.66. The first kappa shape index (κ1) is 17.4. The zero-order valence-corrected chi connectivity index (χ0v) is 15.0. The second-order valence-electron chi connectivity index (χ2n) is 7.20. The van der Waals surface area contributed by atoms with E-state index in [0.29, 0.717) is 12.0 Å². The van der Waals surface area contributed by atoms with E-state index in [0.717, 1.165) is 44.8 Å². The summed E-state index contributed by atoms with van der Waals surface area (Å²) in [6.07, 6.45) is 8.23. The summed E-state index contributed by atoms with van der Waals surface area (Å²) in [5, 5.41) is 4.33. The molecule has 0 bridgehead atoms. The van der Waals surface area contributed by atoms with Gasteiger partial charge in [-0.05, 0) is 44.7 Å². The molecule has 24 heavy (non-hydrogen) atoms. The molecule has 1 aromatic heterocycles. The SMILES string of the molecule is COCCN1CCCC12CCCN(C(=O)Cc1ccn(C)n1)CC2. The van der Waals surface area contributed by atoms with E-state index in [2.05, 4.69) is 14.9 Å². The molecule has 1 aromatic rings. The number of aromatic nitrogens is 2. The Labute approximate surface area is 144 Å². The summed E-state index contributed by atoms with van der Waals surface area (Å²) in [5.41, 5.74) is 1.16. The third-order valence-electron chi connectivity index (χ3n) is 5.68. The first-order valence-electron chi connectivity index (χ1n) is 9.13. The Morgan fingerprint density at radius 3 is 2.75 bits per heavy atom. The molecule has 1 spiro atoms. The Bertz CT molecular complexity index is 559. The van der Waals surface area contributed by atoms with E-state index in [9.17, 15) is 4.79 Å². The van der Waals surface area contributed by atoms with Gasteiger partial charge in [-0.2, -0.15) is 5.10 Å². The van der Waals surface area contributed by atoms with Crippen LogP contribution in [-0.2, 0) is 23.0 Å². The third-order valence-corrected chi connectivity index (χ3v) is 5.68. The highest BCUT2D eigenvalue weighted by Crippen LogP contribution is 2.38. The Hall–Kier alpha value is -1.40. The maximum atomic E-state index is 12.6. The van der Waals surface area contributed by atoms with Gasteiger partial charge in [0.1, 0.15) is 0 Å². The number of ether oxygens (including phenoxy) is 1. The molecule has 2 fully saturated rings.